The Balaban J connectivity index is 2.45. The van der Waals surface area contributed by atoms with E-state index < -0.39 is 0 Å². The summed E-state index contributed by atoms with van der Waals surface area (Å²) >= 11 is 1.78. The molecule has 2 N–H and O–H groups in total. The third-order valence-corrected chi connectivity index (χ3v) is 3.89. The van der Waals surface area contributed by atoms with Gasteiger partial charge in [0, 0.05) is 43.7 Å². The molecule has 1 aromatic rings. The molecule has 1 rings (SSSR count). The maximum absolute atomic E-state index is 5.12. The normalized spacial score (nSPS) is 13.3. The molecule has 0 bridgehead atoms. The van der Waals surface area contributed by atoms with E-state index in [0.29, 0.717) is 6.61 Å². The van der Waals surface area contributed by atoms with Gasteiger partial charge in [0.2, 0.25) is 0 Å². The van der Waals surface area contributed by atoms with Gasteiger partial charge in [0.1, 0.15) is 0 Å². The number of aryl methyl sites for hydroxylation is 1. The number of aliphatic imine (C=N–C) groups is 1. The first-order chi connectivity index (χ1) is 9.69. The van der Waals surface area contributed by atoms with Gasteiger partial charge in [-0.05, 0) is 20.3 Å². The predicted molar refractivity (Wildman–Crippen MR) is 85.6 cm³/mol. The molecule has 0 aliphatic heterocycles. The minimum atomic E-state index is 0.240. The zero-order valence-corrected chi connectivity index (χ0v) is 13.7. The van der Waals surface area contributed by atoms with Gasteiger partial charge >= 0.3 is 0 Å². The van der Waals surface area contributed by atoms with E-state index in [1.54, 1.807) is 18.4 Å². The molecule has 0 aromatic carbocycles. The van der Waals surface area contributed by atoms with Gasteiger partial charge < -0.3 is 15.4 Å². The van der Waals surface area contributed by atoms with Crippen LogP contribution in [0.5, 0.6) is 0 Å². The van der Waals surface area contributed by atoms with Crippen molar-refractivity contribution in [1.29, 1.82) is 0 Å². The van der Waals surface area contributed by atoms with E-state index in [1.807, 2.05) is 6.20 Å². The number of nitrogens with one attached hydrogen (secondary N) is 2. The summed E-state index contributed by atoms with van der Waals surface area (Å²) < 4.78 is 5.12. The van der Waals surface area contributed by atoms with Crippen molar-refractivity contribution in [3.8, 4) is 0 Å². The second kappa shape index (κ2) is 9.72. The molecule has 114 valence electrons. The van der Waals surface area contributed by atoms with Crippen LogP contribution < -0.4 is 10.6 Å². The van der Waals surface area contributed by atoms with Crippen LogP contribution in [-0.2, 0) is 17.6 Å². The Bertz CT molecular complexity index is 406. The van der Waals surface area contributed by atoms with Crippen LogP contribution in [0.1, 0.15) is 30.7 Å². The van der Waals surface area contributed by atoms with Crippen LogP contribution in [0.3, 0.4) is 0 Å². The zero-order valence-electron chi connectivity index (χ0n) is 12.9. The van der Waals surface area contributed by atoms with Crippen LogP contribution in [-0.4, -0.2) is 43.8 Å². The molecule has 0 amide bonds. The first-order valence-corrected chi connectivity index (χ1v) is 7.98. The van der Waals surface area contributed by atoms with E-state index in [4.69, 9.17) is 4.74 Å². The predicted octanol–water partition coefficient (Wildman–Crippen LogP) is 1.84. The highest BCUT2D eigenvalue weighted by molar-refractivity contribution is 7.11. The summed E-state index contributed by atoms with van der Waals surface area (Å²) in [6.45, 7) is 8.54. The van der Waals surface area contributed by atoms with E-state index in [0.717, 1.165) is 36.9 Å². The number of hydrogen-bond donors (Lipinski definition) is 2. The minimum absolute atomic E-state index is 0.240. The van der Waals surface area contributed by atoms with Gasteiger partial charge in [-0.1, -0.05) is 6.92 Å². The molecule has 6 heteroatoms. The average Bonchev–Trinajstić information content (AvgIpc) is 2.87. The van der Waals surface area contributed by atoms with E-state index >= 15 is 0 Å². The minimum Gasteiger partial charge on any atom is -0.383 e. The number of methoxy groups -OCH3 is 1. The number of aromatic nitrogens is 1. The average molecular weight is 298 g/mol. The van der Waals surface area contributed by atoms with Crippen LogP contribution in [0.2, 0.25) is 0 Å². The summed E-state index contributed by atoms with van der Waals surface area (Å²) in [4.78, 5) is 10.3. The summed E-state index contributed by atoms with van der Waals surface area (Å²) in [5.74, 6) is 0.837. The van der Waals surface area contributed by atoms with Crippen molar-refractivity contribution in [2.75, 3.05) is 26.8 Å². The van der Waals surface area contributed by atoms with Gasteiger partial charge in [-0.2, -0.15) is 0 Å². The molecule has 1 atom stereocenters. The molecule has 1 heterocycles. The quantitative estimate of drug-likeness (QED) is 0.568. The number of nitrogens with zero attached hydrogens (tertiary/aromatic N) is 2. The molecule has 0 aliphatic carbocycles. The van der Waals surface area contributed by atoms with Crippen molar-refractivity contribution in [3.05, 3.63) is 16.1 Å². The molecule has 0 aliphatic rings. The standard InChI is InChI=1S/C14H26N4OS/c1-5-12-9-17-13(20-12)7-8-16-14(15-6-2)18-11(3)10-19-4/h9,11H,5-8,10H2,1-4H3,(H2,15,16,18). The molecule has 5 nitrogen and oxygen atoms in total. The molecule has 0 radical (unpaired) electrons. The smallest absolute Gasteiger partial charge is 0.191 e. The summed E-state index contributed by atoms with van der Waals surface area (Å²) in [5.41, 5.74) is 0. The van der Waals surface area contributed by atoms with Gasteiger partial charge in [0.15, 0.2) is 5.96 Å². The lowest BCUT2D eigenvalue weighted by molar-refractivity contribution is 0.179. The fraction of sp³-hybridized carbons (Fsp3) is 0.714. The second-order valence-electron chi connectivity index (χ2n) is 4.59. The van der Waals surface area contributed by atoms with E-state index in [2.05, 4.69) is 41.4 Å². The Kier molecular flexibility index (Phi) is 8.22. The Morgan fingerprint density at radius 1 is 1.50 bits per heavy atom. The lowest BCUT2D eigenvalue weighted by Gasteiger charge is -2.16. The maximum Gasteiger partial charge on any atom is 0.191 e. The van der Waals surface area contributed by atoms with Gasteiger partial charge in [-0.25, -0.2) is 4.98 Å². The number of ether oxygens (including phenoxy) is 1. The number of rotatable bonds is 8. The van der Waals surface area contributed by atoms with Gasteiger partial charge in [-0.3, -0.25) is 4.99 Å². The first-order valence-electron chi connectivity index (χ1n) is 7.16. The van der Waals surface area contributed by atoms with Crippen molar-refractivity contribution >= 4 is 17.3 Å². The molecule has 1 unspecified atom stereocenters. The van der Waals surface area contributed by atoms with Crippen molar-refractivity contribution < 1.29 is 4.74 Å². The zero-order chi connectivity index (χ0) is 14.8. The molecule has 0 saturated carbocycles. The van der Waals surface area contributed by atoms with Crippen LogP contribution in [0, 0.1) is 0 Å². The Labute approximate surface area is 125 Å². The summed E-state index contributed by atoms with van der Waals surface area (Å²) in [6.07, 6.45) is 3.91. The van der Waals surface area contributed by atoms with Gasteiger partial charge in [0.25, 0.3) is 0 Å². The second-order valence-corrected chi connectivity index (χ2v) is 5.79. The van der Waals surface area contributed by atoms with Crippen molar-refractivity contribution in [2.24, 2.45) is 4.99 Å². The van der Waals surface area contributed by atoms with Crippen molar-refractivity contribution in [1.82, 2.24) is 15.6 Å². The molecule has 0 saturated heterocycles. The molecular weight excluding hydrogens is 272 g/mol. The fourth-order valence-electron chi connectivity index (χ4n) is 1.74. The largest absolute Gasteiger partial charge is 0.383 e. The molecular formula is C14H26N4OS. The Morgan fingerprint density at radius 2 is 2.30 bits per heavy atom. The summed E-state index contributed by atoms with van der Waals surface area (Å²) in [7, 11) is 1.70. The molecule has 20 heavy (non-hydrogen) atoms. The van der Waals surface area contributed by atoms with Crippen LogP contribution >= 0.6 is 11.3 Å². The SMILES string of the molecule is CCNC(=NCCc1ncc(CC)s1)NC(C)COC. The van der Waals surface area contributed by atoms with E-state index in [-0.39, 0.29) is 6.04 Å². The van der Waals surface area contributed by atoms with Crippen LogP contribution in [0.15, 0.2) is 11.2 Å². The fourth-order valence-corrected chi connectivity index (χ4v) is 2.59. The lowest BCUT2D eigenvalue weighted by Crippen LogP contribution is -2.44. The lowest BCUT2D eigenvalue weighted by atomic mass is 10.4. The van der Waals surface area contributed by atoms with Gasteiger partial charge in [0.05, 0.1) is 11.6 Å². The highest BCUT2D eigenvalue weighted by Crippen LogP contribution is 2.13. The van der Waals surface area contributed by atoms with E-state index in [9.17, 15) is 0 Å². The van der Waals surface area contributed by atoms with Gasteiger partial charge in [-0.15, -0.1) is 11.3 Å². The van der Waals surface area contributed by atoms with Crippen LogP contribution in [0.25, 0.3) is 0 Å². The first kappa shape index (κ1) is 16.9. The maximum atomic E-state index is 5.12. The van der Waals surface area contributed by atoms with Crippen LogP contribution in [0.4, 0.5) is 0 Å². The monoisotopic (exact) mass is 298 g/mol. The third kappa shape index (κ3) is 6.34. The number of hydrogen-bond acceptors (Lipinski definition) is 4. The Hall–Kier alpha value is -1.14. The number of thiazole rings is 1. The summed E-state index contributed by atoms with van der Waals surface area (Å²) in [6, 6.07) is 0.240. The topological polar surface area (TPSA) is 58.5 Å². The number of guanidine groups is 1. The molecule has 0 spiro atoms. The highest BCUT2D eigenvalue weighted by atomic mass is 32.1. The highest BCUT2D eigenvalue weighted by Gasteiger charge is 2.05. The third-order valence-electron chi connectivity index (χ3n) is 2.69. The Morgan fingerprint density at radius 3 is 2.90 bits per heavy atom. The van der Waals surface area contributed by atoms with Crippen molar-refractivity contribution in [3.63, 3.8) is 0 Å². The van der Waals surface area contributed by atoms with E-state index in [1.165, 1.54) is 4.88 Å². The summed E-state index contributed by atoms with van der Waals surface area (Å²) in [5, 5.41) is 7.72. The molecule has 1 aromatic heterocycles. The van der Waals surface area contributed by atoms with Crippen molar-refractivity contribution in [2.45, 2.75) is 39.7 Å². The molecule has 0 fully saturated rings.